The maximum absolute atomic E-state index is 12.1. The number of sulfonamides is 1. The van der Waals surface area contributed by atoms with Gasteiger partial charge in [-0.05, 0) is 13.8 Å². The molecule has 1 heterocycles. The Bertz CT molecular complexity index is 505. The first-order valence-electron chi connectivity index (χ1n) is 5.99. The minimum atomic E-state index is -3.47. The Hall–Kier alpha value is -0.920. The number of aromatic nitrogens is 2. The molecule has 0 aliphatic carbocycles. The van der Waals surface area contributed by atoms with Gasteiger partial charge in [-0.2, -0.15) is 5.10 Å². The minimum Gasteiger partial charge on any atom is -0.313 e. The van der Waals surface area contributed by atoms with E-state index in [-0.39, 0.29) is 4.90 Å². The normalized spacial score (nSPS) is 12.3. The third-order valence-corrected chi connectivity index (χ3v) is 4.39. The fourth-order valence-electron chi connectivity index (χ4n) is 1.76. The molecule has 0 radical (unpaired) electrons. The molecule has 1 rings (SSSR count). The van der Waals surface area contributed by atoms with Crippen molar-refractivity contribution in [1.29, 1.82) is 0 Å². The van der Waals surface area contributed by atoms with Crippen LogP contribution in [0.1, 0.15) is 25.2 Å². The summed E-state index contributed by atoms with van der Waals surface area (Å²) in [6.07, 6.45) is 0. The second-order valence-corrected chi connectivity index (χ2v) is 6.33. The molecule has 0 unspecified atom stereocenters. The van der Waals surface area contributed by atoms with Gasteiger partial charge in [0.1, 0.15) is 4.90 Å². The highest BCUT2D eigenvalue weighted by atomic mass is 32.2. The highest BCUT2D eigenvalue weighted by molar-refractivity contribution is 7.89. The van der Waals surface area contributed by atoms with E-state index in [1.165, 1.54) is 0 Å². The molecule has 0 spiro atoms. The second kappa shape index (κ2) is 5.81. The summed E-state index contributed by atoms with van der Waals surface area (Å²) in [6.45, 7) is 8.46. The van der Waals surface area contributed by atoms with E-state index >= 15 is 0 Å². The number of nitrogens with one attached hydrogen (secondary N) is 2. The summed E-state index contributed by atoms with van der Waals surface area (Å²) in [5.41, 5.74) is 1.18. The molecule has 0 aromatic carbocycles. The fraction of sp³-hybridized carbons (Fsp3) is 0.727. The van der Waals surface area contributed by atoms with Crippen LogP contribution < -0.4 is 10.0 Å². The fourth-order valence-corrected chi connectivity index (χ4v) is 3.23. The Morgan fingerprint density at radius 1 is 1.28 bits per heavy atom. The summed E-state index contributed by atoms with van der Waals surface area (Å²) >= 11 is 0. The van der Waals surface area contributed by atoms with E-state index in [1.807, 2.05) is 13.8 Å². The lowest BCUT2D eigenvalue weighted by Gasteiger charge is -2.10. The van der Waals surface area contributed by atoms with Gasteiger partial charge in [0.15, 0.2) is 0 Å². The van der Waals surface area contributed by atoms with Crippen LogP contribution in [-0.2, 0) is 17.1 Å². The van der Waals surface area contributed by atoms with E-state index in [0.29, 0.717) is 30.5 Å². The standard InChI is InChI=1S/C11H22N4O2S/c1-8(2)12-6-7-13-18(16,17)11-9(3)14-15(5)10(11)4/h8,12-13H,6-7H2,1-5H3. The molecule has 1 aromatic rings. The van der Waals surface area contributed by atoms with Crippen molar-refractivity contribution >= 4 is 10.0 Å². The van der Waals surface area contributed by atoms with Gasteiger partial charge in [0.05, 0.1) is 11.4 Å². The first-order chi connectivity index (χ1) is 8.25. The van der Waals surface area contributed by atoms with Crippen LogP contribution in [0.5, 0.6) is 0 Å². The van der Waals surface area contributed by atoms with Crippen molar-refractivity contribution in [2.24, 2.45) is 7.05 Å². The lowest BCUT2D eigenvalue weighted by atomic mass is 10.4. The molecular formula is C11H22N4O2S. The van der Waals surface area contributed by atoms with Crippen LogP contribution in [-0.4, -0.2) is 37.3 Å². The van der Waals surface area contributed by atoms with E-state index in [1.54, 1.807) is 25.6 Å². The van der Waals surface area contributed by atoms with Crippen LogP contribution in [0.3, 0.4) is 0 Å². The second-order valence-electron chi connectivity index (χ2n) is 4.63. The monoisotopic (exact) mass is 274 g/mol. The lowest BCUT2D eigenvalue weighted by Crippen LogP contribution is -2.35. The Labute approximate surface area is 109 Å². The molecule has 104 valence electrons. The zero-order valence-electron chi connectivity index (χ0n) is 11.6. The van der Waals surface area contributed by atoms with Crippen molar-refractivity contribution < 1.29 is 8.42 Å². The molecule has 0 fully saturated rings. The number of hydrogen-bond acceptors (Lipinski definition) is 4. The Morgan fingerprint density at radius 2 is 1.89 bits per heavy atom. The van der Waals surface area contributed by atoms with E-state index < -0.39 is 10.0 Å². The zero-order chi connectivity index (χ0) is 13.9. The van der Waals surface area contributed by atoms with E-state index in [4.69, 9.17) is 0 Å². The maximum Gasteiger partial charge on any atom is 0.244 e. The molecule has 0 atom stereocenters. The molecule has 1 aromatic heterocycles. The van der Waals surface area contributed by atoms with Crippen molar-refractivity contribution in [3.63, 3.8) is 0 Å². The third-order valence-electron chi connectivity index (χ3n) is 2.68. The molecule has 2 N–H and O–H groups in total. The quantitative estimate of drug-likeness (QED) is 0.732. The van der Waals surface area contributed by atoms with Crippen LogP contribution in [0.15, 0.2) is 4.90 Å². The SMILES string of the molecule is Cc1nn(C)c(C)c1S(=O)(=O)NCCNC(C)C. The lowest BCUT2D eigenvalue weighted by molar-refractivity contribution is 0.558. The van der Waals surface area contributed by atoms with Gasteiger partial charge in [0.2, 0.25) is 10.0 Å². The predicted octanol–water partition coefficient (Wildman–Crippen LogP) is 0.313. The molecule has 0 amide bonds. The highest BCUT2D eigenvalue weighted by Crippen LogP contribution is 2.17. The summed E-state index contributed by atoms with van der Waals surface area (Å²) in [5.74, 6) is 0. The van der Waals surface area contributed by atoms with Crippen molar-refractivity contribution in [2.45, 2.75) is 38.6 Å². The number of aryl methyl sites for hydroxylation is 2. The average molecular weight is 274 g/mol. The Kier molecular flexibility index (Phi) is 4.89. The summed E-state index contributed by atoms with van der Waals surface area (Å²) in [4.78, 5) is 0.287. The van der Waals surface area contributed by atoms with Gasteiger partial charge in [0, 0.05) is 26.2 Å². The molecule has 0 bridgehead atoms. The summed E-state index contributed by atoms with van der Waals surface area (Å²) in [5, 5.41) is 7.27. The van der Waals surface area contributed by atoms with Gasteiger partial charge >= 0.3 is 0 Å². The van der Waals surface area contributed by atoms with E-state index in [9.17, 15) is 8.42 Å². The molecule has 7 heteroatoms. The topological polar surface area (TPSA) is 76.0 Å². The van der Waals surface area contributed by atoms with Crippen molar-refractivity contribution in [2.75, 3.05) is 13.1 Å². The maximum atomic E-state index is 12.1. The highest BCUT2D eigenvalue weighted by Gasteiger charge is 2.22. The Morgan fingerprint density at radius 3 is 2.33 bits per heavy atom. The van der Waals surface area contributed by atoms with Gasteiger partial charge < -0.3 is 5.32 Å². The number of nitrogens with zero attached hydrogens (tertiary/aromatic N) is 2. The van der Waals surface area contributed by atoms with Crippen LogP contribution in [0.25, 0.3) is 0 Å². The predicted molar refractivity (Wildman–Crippen MR) is 71.0 cm³/mol. The van der Waals surface area contributed by atoms with Crippen LogP contribution in [0.4, 0.5) is 0 Å². The molecule has 0 aliphatic rings. The van der Waals surface area contributed by atoms with Crippen LogP contribution >= 0.6 is 0 Å². The van der Waals surface area contributed by atoms with Crippen molar-refractivity contribution in [1.82, 2.24) is 19.8 Å². The van der Waals surface area contributed by atoms with E-state index in [0.717, 1.165) is 0 Å². The molecule has 0 saturated carbocycles. The van der Waals surface area contributed by atoms with Gasteiger partial charge in [-0.15, -0.1) is 0 Å². The van der Waals surface area contributed by atoms with Crippen LogP contribution in [0, 0.1) is 13.8 Å². The summed E-state index contributed by atoms with van der Waals surface area (Å²) in [7, 11) is -1.73. The first kappa shape index (κ1) is 15.1. The van der Waals surface area contributed by atoms with Crippen LogP contribution in [0.2, 0.25) is 0 Å². The van der Waals surface area contributed by atoms with Crippen molar-refractivity contribution in [3.05, 3.63) is 11.4 Å². The summed E-state index contributed by atoms with van der Waals surface area (Å²) < 4.78 is 28.4. The minimum absolute atomic E-state index is 0.287. The summed E-state index contributed by atoms with van der Waals surface area (Å²) in [6, 6.07) is 0.344. The van der Waals surface area contributed by atoms with Gasteiger partial charge in [-0.25, -0.2) is 13.1 Å². The first-order valence-corrected chi connectivity index (χ1v) is 7.47. The molecule has 6 nitrogen and oxygen atoms in total. The Balaban J connectivity index is 2.75. The molecule has 0 saturated heterocycles. The average Bonchev–Trinajstić information content (AvgIpc) is 2.48. The smallest absolute Gasteiger partial charge is 0.244 e. The van der Waals surface area contributed by atoms with E-state index in [2.05, 4.69) is 15.1 Å². The largest absolute Gasteiger partial charge is 0.313 e. The van der Waals surface area contributed by atoms with Gasteiger partial charge in [0.25, 0.3) is 0 Å². The van der Waals surface area contributed by atoms with Gasteiger partial charge in [-0.3, -0.25) is 4.68 Å². The van der Waals surface area contributed by atoms with Crippen molar-refractivity contribution in [3.8, 4) is 0 Å². The third kappa shape index (κ3) is 3.54. The molecule has 18 heavy (non-hydrogen) atoms. The molecule has 0 aliphatic heterocycles. The van der Waals surface area contributed by atoms with Gasteiger partial charge in [-0.1, -0.05) is 13.8 Å². The zero-order valence-corrected chi connectivity index (χ0v) is 12.4. The number of rotatable bonds is 6. The molecular weight excluding hydrogens is 252 g/mol. The number of hydrogen-bond donors (Lipinski definition) is 2.